The number of pyridine rings is 1. The number of aromatic nitrogens is 2. The van der Waals surface area contributed by atoms with Crippen LogP contribution in [-0.2, 0) is 9.53 Å². The molecule has 0 bridgehead atoms. The van der Waals surface area contributed by atoms with Crippen molar-refractivity contribution in [3.8, 4) is 0 Å². The predicted molar refractivity (Wildman–Crippen MR) is 93.6 cm³/mol. The van der Waals surface area contributed by atoms with E-state index in [1.807, 2.05) is 6.07 Å². The van der Waals surface area contributed by atoms with E-state index in [-0.39, 0.29) is 11.7 Å². The summed E-state index contributed by atoms with van der Waals surface area (Å²) in [6.07, 6.45) is 7.33. The first-order valence-electron chi connectivity index (χ1n) is 8.79. The van der Waals surface area contributed by atoms with E-state index in [9.17, 15) is 14.4 Å². The minimum Gasteiger partial charge on any atom is -0.448 e. The molecular formula is C18H22N4O4. The van der Waals surface area contributed by atoms with Crippen molar-refractivity contribution >= 4 is 23.6 Å². The Morgan fingerprint density at radius 3 is 2.73 bits per heavy atom. The maximum absolute atomic E-state index is 12.2. The molecule has 0 saturated heterocycles. The molecule has 3 amide bonds. The lowest BCUT2D eigenvalue weighted by Gasteiger charge is -2.23. The molecule has 2 N–H and O–H groups in total. The summed E-state index contributed by atoms with van der Waals surface area (Å²) in [7, 11) is 0. The summed E-state index contributed by atoms with van der Waals surface area (Å²) in [6.45, 7) is 1.41. The van der Waals surface area contributed by atoms with Crippen LogP contribution in [0.2, 0.25) is 0 Å². The van der Waals surface area contributed by atoms with Gasteiger partial charge in [0.05, 0.1) is 0 Å². The van der Waals surface area contributed by atoms with Gasteiger partial charge in [0.2, 0.25) is 0 Å². The average molecular weight is 358 g/mol. The molecule has 1 atom stereocenters. The molecular weight excluding hydrogens is 336 g/mol. The average Bonchev–Trinajstić information content (AvgIpc) is 3.06. The molecule has 1 fully saturated rings. The molecule has 0 radical (unpaired) electrons. The molecule has 8 heteroatoms. The summed E-state index contributed by atoms with van der Waals surface area (Å²) >= 11 is 0. The summed E-state index contributed by atoms with van der Waals surface area (Å²) in [5.41, 5.74) is 0.700. The third-order valence-electron chi connectivity index (χ3n) is 4.40. The number of hydrogen-bond acceptors (Lipinski definition) is 5. The molecule has 8 nitrogen and oxygen atoms in total. The number of rotatable bonds is 4. The van der Waals surface area contributed by atoms with Gasteiger partial charge in [-0.05, 0) is 31.9 Å². The zero-order valence-electron chi connectivity index (χ0n) is 14.6. The SMILES string of the molecule is C[C@@H](OC(=O)c1cn2ccccc2n1)C(=O)NC(=O)NC1CCCCC1. The second-order valence-corrected chi connectivity index (χ2v) is 6.44. The van der Waals surface area contributed by atoms with Crippen molar-refractivity contribution in [1.29, 1.82) is 0 Å². The van der Waals surface area contributed by atoms with Crippen LogP contribution in [0.5, 0.6) is 0 Å². The number of carbonyl (C=O) groups excluding carboxylic acids is 3. The minimum absolute atomic E-state index is 0.0902. The zero-order chi connectivity index (χ0) is 18.5. The maximum Gasteiger partial charge on any atom is 0.359 e. The fourth-order valence-electron chi connectivity index (χ4n) is 2.99. The first-order valence-corrected chi connectivity index (χ1v) is 8.79. The summed E-state index contributed by atoms with van der Waals surface area (Å²) in [4.78, 5) is 40.3. The number of urea groups is 1. The van der Waals surface area contributed by atoms with Gasteiger partial charge in [-0.15, -0.1) is 0 Å². The Hall–Kier alpha value is -2.90. The van der Waals surface area contributed by atoms with E-state index in [4.69, 9.17) is 4.74 Å². The Morgan fingerprint density at radius 1 is 1.23 bits per heavy atom. The van der Waals surface area contributed by atoms with Crippen molar-refractivity contribution < 1.29 is 19.1 Å². The highest BCUT2D eigenvalue weighted by Crippen LogP contribution is 2.17. The third-order valence-corrected chi connectivity index (χ3v) is 4.40. The van der Waals surface area contributed by atoms with Crippen molar-refractivity contribution in [2.75, 3.05) is 0 Å². The topological polar surface area (TPSA) is 102 Å². The first-order chi connectivity index (χ1) is 12.5. The normalized spacial score (nSPS) is 16.0. The molecule has 2 heterocycles. The van der Waals surface area contributed by atoms with E-state index in [1.165, 1.54) is 19.5 Å². The predicted octanol–water partition coefficient (Wildman–Crippen LogP) is 2.04. The molecule has 1 aliphatic carbocycles. The van der Waals surface area contributed by atoms with Crippen LogP contribution in [0.15, 0.2) is 30.6 Å². The Morgan fingerprint density at radius 2 is 2.00 bits per heavy atom. The largest absolute Gasteiger partial charge is 0.448 e. The summed E-state index contributed by atoms with van der Waals surface area (Å²) < 4.78 is 6.79. The highest BCUT2D eigenvalue weighted by Gasteiger charge is 2.23. The molecule has 2 aromatic rings. The van der Waals surface area contributed by atoms with Gasteiger partial charge in [-0.25, -0.2) is 14.6 Å². The second kappa shape index (κ2) is 7.99. The first kappa shape index (κ1) is 17.9. The number of carbonyl (C=O) groups is 3. The number of esters is 1. The van der Waals surface area contributed by atoms with Crippen LogP contribution >= 0.6 is 0 Å². The Balaban J connectivity index is 1.51. The van der Waals surface area contributed by atoms with E-state index in [0.29, 0.717) is 5.65 Å². The lowest BCUT2D eigenvalue weighted by atomic mass is 9.96. The lowest BCUT2D eigenvalue weighted by molar-refractivity contribution is -0.127. The van der Waals surface area contributed by atoms with Crippen LogP contribution in [0, 0.1) is 0 Å². The highest BCUT2D eigenvalue weighted by atomic mass is 16.5. The Labute approximate surface area is 150 Å². The Kier molecular flexibility index (Phi) is 5.50. The molecule has 1 aliphatic rings. The number of imidazole rings is 1. The summed E-state index contributed by atoms with van der Waals surface area (Å²) in [5.74, 6) is -1.39. The van der Waals surface area contributed by atoms with E-state index in [2.05, 4.69) is 15.6 Å². The molecule has 0 spiro atoms. The van der Waals surface area contributed by atoms with Gasteiger partial charge in [-0.2, -0.15) is 0 Å². The van der Waals surface area contributed by atoms with Gasteiger partial charge >= 0.3 is 12.0 Å². The van der Waals surface area contributed by atoms with Gasteiger partial charge in [0, 0.05) is 18.4 Å². The maximum atomic E-state index is 12.2. The zero-order valence-corrected chi connectivity index (χ0v) is 14.6. The van der Waals surface area contributed by atoms with Crippen molar-refractivity contribution in [2.45, 2.75) is 51.2 Å². The standard InChI is InChI=1S/C18H22N4O4/c1-12(16(23)21-18(25)19-13-7-3-2-4-8-13)26-17(24)14-11-22-10-6-5-9-15(22)20-14/h5-6,9-13H,2-4,7-8H2,1H3,(H2,19,21,23,25)/t12-/m1/s1. The second-order valence-electron chi connectivity index (χ2n) is 6.44. The van der Waals surface area contributed by atoms with Gasteiger partial charge in [0.1, 0.15) is 5.65 Å². The van der Waals surface area contributed by atoms with Gasteiger partial charge in [0.15, 0.2) is 11.8 Å². The van der Waals surface area contributed by atoms with E-state index >= 15 is 0 Å². The van der Waals surface area contributed by atoms with E-state index in [0.717, 1.165) is 25.7 Å². The minimum atomic E-state index is -1.11. The van der Waals surface area contributed by atoms with Crippen LogP contribution in [-0.4, -0.2) is 39.4 Å². The fourth-order valence-corrected chi connectivity index (χ4v) is 2.99. The van der Waals surface area contributed by atoms with Crippen molar-refractivity contribution in [3.63, 3.8) is 0 Å². The molecule has 26 heavy (non-hydrogen) atoms. The number of nitrogens with zero attached hydrogens (tertiary/aromatic N) is 2. The molecule has 2 aromatic heterocycles. The molecule has 3 rings (SSSR count). The summed E-state index contributed by atoms with van der Waals surface area (Å²) in [6, 6.07) is 4.90. The molecule has 0 aromatic carbocycles. The van der Waals surface area contributed by atoms with Gasteiger partial charge in [-0.3, -0.25) is 10.1 Å². The summed E-state index contributed by atoms with van der Waals surface area (Å²) in [5, 5.41) is 5.00. The fraction of sp³-hybridized carbons (Fsp3) is 0.444. The van der Waals surface area contributed by atoms with Crippen LogP contribution in [0.25, 0.3) is 5.65 Å². The highest BCUT2D eigenvalue weighted by molar-refractivity contribution is 5.98. The molecule has 0 unspecified atom stereocenters. The monoisotopic (exact) mass is 358 g/mol. The van der Waals surface area contributed by atoms with Crippen molar-refractivity contribution in [2.24, 2.45) is 0 Å². The number of amides is 3. The smallest absolute Gasteiger partial charge is 0.359 e. The van der Waals surface area contributed by atoms with Gasteiger partial charge in [0.25, 0.3) is 5.91 Å². The van der Waals surface area contributed by atoms with Gasteiger partial charge < -0.3 is 14.5 Å². The van der Waals surface area contributed by atoms with Gasteiger partial charge in [-0.1, -0.05) is 25.3 Å². The molecule has 138 valence electrons. The van der Waals surface area contributed by atoms with Crippen LogP contribution in [0.1, 0.15) is 49.5 Å². The number of imide groups is 1. The Bertz CT molecular complexity index is 777. The molecule has 1 saturated carbocycles. The number of fused-ring (bicyclic) bond motifs is 1. The lowest BCUT2D eigenvalue weighted by Crippen LogP contribution is -2.48. The van der Waals surface area contributed by atoms with Crippen molar-refractivity contribution in [3.05, 3.63) is 36.3 Å². The number of ether oxygens (including phenoxy) is 1. The quantitative estimate of drug-likeness (QED) is 0.815. The van der Waals surface area contributed by atoms with Crippen LogP contribution in [0.4, 0.5) is 4.79 Å². The van der Waals surface area contributed by atoms with E-state index in [1.54, 1.807) is 22.7 Å². The van der Waals surface area contributed by atoms with E-state index < -0.39 is 24.0 Å². The molecule has 0 aliphatic heterocycles. The van der Waals surface area contributed by atoms with Crippen LogP contribution < -0.4 is 10.6 Å². The van der Waals surface area contributed by atoms with Crippen LogP contribution in [0.3, 0.4) is 0 Å². The third kappa shape index (κ3) is 4.38. The number of hydrogen-bond donors (Lipinski definition) is 2. The number of nitrogens with one attached hydrogen (secondary N) is 2. The van der Waals surface area contributed by atoms with Crippen molar-refractivity contribution in [1.82, 2.24) is 20.0 Å².